The van der Waals surface area contributed by atoms with Gasteiger partial charge in [-0.2, -0.15) is 5.11 Å². The summed E-state index contributed by atoms with van der Waals surface area (Å²) in [6.45, 7) is 2.33. The Balaban J connectivity index is 0.00000243. The summed E-state index contributed by atoms with van der Waals surface area (Å²) in [6.07, 6.45) is 0. The minimum absolute atomic E-state index is 0. The van der Waals surface area contributed by atoms with Gasteiger partial charge in [-0.15, -0.1) is 5.11 Å². The minimum atomic E-state index is -3.76. The van der Waals surface area contributed by atoms with E-state index in [1.54, 1.807) is 18.2 Å². The number of nitrogens with zero attached hydrogens (tertiary/aromatic N) is 2. The van der Waals surface area contributed by atoms with Crippen LogP contribution in [0, 0.1) is 0 Å². The van der Waals surface area contributed by atoms with E-state index in [1.807, 2.05) is 6.92 Å². The summed E-state index contributed by atoms with van der Waals surface area (Å²) in [4.78, 5) is 2.80. The zero-order chi connectivity index (χ0) is 18.0. The number of ether oxygens (including phenoxy) is 1. The molecule has 1 heterocycles. The molecule has 0 fully saturated rings. The highest BCUT2D eigenvalue weighted by Gasteiger charge is 2.15. The number of nitrogens with two attached hydrogens (primary N) is 1. The number of aromatic nitrogens is 1. The zero-order valence-corrected chi connectivity index (χ0v) is 14.1. The number of aromatic hydroxyl groups is 1. The molecule has 4 N–H and O–H groups in total. The fourth-order valence-electron chi connectivity index (χ4n) is 2.37. The highest BCUT2D eigenvalue weighted by atomic mass is 32.2. The lowest BCUT2D eigenvalue weighted by Gasteiger charge is -2.04. The second-order valence-electron chi connectivity index (χ2n) is 5.17. The maximum atomic E-state index is 11.3. The van der Waals surface area contributed by atoms with E-state index < -0.39 is 10.0 Å². The molecule has 9 heteroatoms. The van der Waals surface area contributed by atoms with Gasteiger partial charge in [-0.3, -0.25) is 0 Å². The number of H-pyrrole nitrogens is 1. The predicted molar refractivity (Wildman–Crippen MR) is 95.2 cm³/mol. The first-order valence-electron chi connectivity index (χ1n) is 7.41. The number of sulfonamides is 1. The van der Waals surface area contributed by atoms with Crippen molar-refractivity contribution in [2.75, 3.05) is 6.61 Å². The molecule has 3 aromatic rings. The largest absolute Gasteiger partial charge is 0.493 e. The van der Waals surface area contributed by atoms with Gasteiger partial charge >= 0.3 is 0 Å². The number of hydrogen-bond donors (Lipinski definition) is 3. The van der Waals surface area contributed by atoms with Crippen molar-refractivity contribution in [2.45, 2.75) is 11.8 Å². The first-order valence-corrected chi connectivity index (χ1v) is 8.96. The maximum absolute atomic E-state index is 11.3. The van der Waals surface area contributed by atoms with Gasteiger partial charge in [-0.1, -0.05) is 6.07 Å². The Bertz CT molecular complexity index is 1050. The fraction of sp³-hybridized carbons (Fsp3) is 0.125. The monoisotopic (exact) mass is 362 g/mol. The molecule has 3 rings (SSSR count). The van der Waals surface area contributed by atoms with E-state index in [9.17, 15) is 13.5 Å². The smallest absolute Gasteiger partial charge is 0.238 e. The van der Waals surface area contributed by atoms with E-state index in [2.05, 4.69) is 15.2 Å². The quantitative estimate of drug-likeness (QED) is 0.599. The average Bonchev–Trinajstić information content (AvgIpc) is 2.89. The van der Waals surface area contributed by atoms with E-state index in [4.69, 9.17) is 9.88 Å². The number of hydrogen-bond acceptors (Lipinski definition) is 6. The standard InChI is InChI=1S/C16H16N4O4S.H2/c1-2-24-13-5-3-4-12-14(13)15(16(21)18-12)20-19-10-6-8-11(9-7-10)25(17,22)23;/h3-9,18,21H,2H2,1H3,(H2,17,22,23);1H. The lowest BCUT2D eigenvalue weighted by Crippen LogP contribution is -2.11. The van der Waals surface area contributed by atoms with E-state index in [-0.39, 0.29) is 17.9 Å². The summed E-state index contributed by atoms with van der Waals surface area (Å²) >= 11 is 0. The Morgan fingerprint density at radius 2 is 1.92 bits per heavy atom. The van der Waals surface area contributed by atoms with Crippen LogP contribution in [0.2, 0.25) is 0 Å². The second-order valence-corrected chi connectivity index (χ2v) is 6.73. The normalized spacial score (nSPS) is 12.1. The number of primary sulfonamides is 1. The molecule has 132 valence electrons. The van der Waals surface area contributed by atoms with E-state index in [0.717, 1.165) is 0 Å². The highest BCUT2D eigenvalue weighted by Crippen LogP contribution is 2.41. The van der Waals surface area contributed by atoms with Crippen LogP contribution < -0.4 is 9.88 Å². The third kappa shape index (κ3) is 3.47. The summed E-state index contributed by atoms with van der Waals surface area (Å²) in [5.41, 5.74) is 1.33. The Morgan fingerprint density at radius 1 is 1.20 bits per heavy atom. The van der Waals surface area contributed by atoms with Crippen LogP contribution in [0.15, 0.2) is 57.6 Å². The number of rotatable bonds is 5. The molecule has 0 atom stereocenters. The van der Waals surface area contributed by atoms with Crippen LogP contribution >= 0.6 is 0 Å². The van der Waals surface area contributed by atoms with Crippen LogP contribution in [0.4, 0.5) is 11.4 Å². The van der Waals surface area contributed by atoms with Gasteiger partial charge < -0.3 is 14.8 Å². The molecule has 0 bridgehead atoms. The van der Waals surface area contributed by atoms with Gasteiger partial charge in [0.05, 0.1) is 28.1 Å². The summed E-state index contributed by atoms with van der Waals surface area (Å²) < 4.78 is 28.1. The van der Waals surface area contributed by atoms with Gasteiger partial charge in [0.2, 0.25) is 15.9 Å². The van der Waals surface area contributed by atoms with Gasteiger partial charge in [0.15, 0.2) is 5.69 Å². The first kappa shape index (κ1) is 16.9. The van der Waals surface area contributed by atoms with Gasteiger partial charge in [0.25, 0.3) is 0 Å². The Hall–Kier alpha value is -2.91. The molecule has 0 saturated heterocycles. The van der Waals surface area contributed by atoms with Crippen LogP contribution in [-0.4, -0.2) is 25.1 Å². The molecule has 25 heavy (non-hydrogen) atoms. The van der Waals surface area contributed by atoms with Crippen LogP contribution in [-0.2, 0) is 10.0 Å². The van der Waals surface area contributed by atoms with Crippen molar-refractivity contribution in [1.29, 1.82) is 0 Å². The zero-order valence-electron chi connectivity index (χ0n) is 13.3. The van der Waals surface area contributed by atoms with Crippen molar-refractivity contribution < 1.29 is 19.7 Å². The second kappa shape index (κ2) is 6.54. The SMILES string of the molecule is CCOc1cccc2[nH]c(O)c(N=Nc3ccc(S(N)(=O)=O)cc3)c12.[HH]. The number of fused-ring (bicyclic) bond motifs is 1. The first-order chi connectivity index (χ1) is 11.9. The van der Waals surface area contributed by atoms with Crippen LogP contribution in [0.1, 0.15) is 8.35 Å². The lowest BCUT2D eigenvalue weighted by molar-refractivity contribution is 0.344. The fourth-order valence-corrected chi connectivity index (χ4v) is 2.88. The Labute approximate surface area is 145 Å². The summed E-state index contributed by atoms with van der Waals surface area (Å²) in [5.74, 6) is 0.446. The molecule has 0 aliphatic rings. The van der Waals surface area contributed by atoms with Crippen molar-refractivity contribution in [1.82, 2.24) is 4.98 Å². The van der Waals surface area contributed by atoms with Crippen molar-refractivity contribution in [2.24, 2.45) is 15.4 Å². The molecule has 0 amide bonds. The van der Waals surface area contributed by atoms with Crippen LogP contribution in [0.5, 0.6) is 11.6 Å². The lowest BCUT2D eigenvalue weighted by atomic mass is 10.2. The third-order valence-corrected chi connectivity index (χ3v) is 4.40. The minimum Gasteiger partial charge on any atom is -0.493 e. The number of azo groups is 1. The predicted octanol–water partition coefficient (Wildman–Crippen LogP) is 3.58. The van der Waals surface area contributed by atoms with Gasteiger partial charge in [-0.05, 0) is 43.3 Å². The van der Waals surface area contributed by atoms with Crippen molar-refractivity contribution in [3.05, 3.63) is 42.5 Å². The maximum Gasteiger partial charge on any atom is 0.238 e. The number of benzene rings is 2. The van der Waals surface area contributed by atoms with Crippen LogP contribution in [0.25, 0.3) is 10.9 Å². The van der Waals surface area contributed by atoms with Gasteiger partial charge in [0, 0.05) is 1.43 Å². The molecule has 0 unspecified atom stereocenters. The number of aromatic amines is 1. The van der Waals surface area contributed by atoms with Crippen LogP contribution in [0.3, 0.4) is 0 Å². The molecule has 0 aliphatic carbocycles. The van der Waals surface area contributed by atoms with E-state index in [0.29, 0.717) is 28.9 Å². The number of nitrogens with one attached hydrogen (secondary N) is 1. The molecule has 0 saturated carbocycles. The topological polar surface area (TPSA) is 130 Å². The highest BCUT2D eigenvalue weighted by molar-refractivity contribution is 7.89. The van der Waals surface area contributed by atoms with Gasteiger partial charge in [-0.25, -0.2) is 13.6 Å². The van der Waals surface area contributed by atoms with Crippen molar-refractivity contribution in [3.63, 3.8) is 0 Å². The Morgan fingerprint density at radius 3 is 2.56 bits per heavy atom. The van der Waals surface area contributed by atoms with E-state index in [1.165, 1.54) is 24.3 Å². The summed E-state index contributed by atoms with van der Waals surface area (Å²) in [6, 6.07) is 11.0. The molecule has 2 aromatic carbocycles. The molecule has 1 aromatic heterocycles. The summed E-state index contributed by atoms with van der Waals surface area (Å²) in [7, 11) is -3.76. The third-order valence-electron chi connectivity index (χ3n) is 3.47. The molecule has 0 radical (unpaired) electrons. The molecular formula is C16H18N4O4S. The van der Waals surface area contributed by atoms with Crippen molar-refractivity contribution in [3.8, 4) is 11.6 Å². The van der Waals surface area contributed by atoms with Crippen molar-refractivity contribution >= 4 is 32.3 Å². The molecule has 0 spiro atoms. The van der Waals surface area contributed by atoms with Gasteiger partial charge in [0.1, 0.15) is 5.75 Å². The molecular weight excluding hydrogens is 344 g/mol. The average molecular weight is 362 g/mol. The summed E-state index contributed by atoms with van der Waals surface area (Å²) in [5, 5.41) is 23.9. The molecule has 8 nitrogen and oxygen atoms in total. The van der Waals surface area contributed by atoms with E-state index >= 15 is 0 Å². The molecule has 0 aliphatic heterocycles. The Kier molecular flexibility index (Phi) is 4.43.